The number of para-hydroxylation sites is 1. The number of methoxy groups -OCH3 is 1. The topological polar surface area (TPSA) is 71.5 Å². The molecule has 3 aromatic rings. The van der Waals surface area contributed by atoms with Crippen LogP contribution in [0.2, 0.25) is 0 Å². The molecule has 0 radical (unpaired) electrons. The number of phenols is 1. The highest BCUT2D eigenvalue weighted by Crippen LogP contribution is 2.40. The number of nitrogens with zero attached hydrogens (tertiary/aromatic N) is 2. The molecule has 0 spiro atoms. The highest BCUT2D eigenvalue weighted by Gasteiger charge is 2.32. The van der Waals surface area contributed by atoms with E-state index in [0.29, 0.717) is 35.8 Å². The second-order valence-electron chi connectivity index (χ2n) is 8.81. The van der Waals surface area contributed by atoms with Crippen LogP contribution in [-0.4, -0.2) is 55.7 Å². The summed E-state index contributed by atoms with van der Waals surface area (Å²) in [5.41, 5.74) is 3.05. The Morgan fingerprint density at radius 1 is 1.00 bits per heavy atom. The molecule has 0 aliphatic carbocycles. The normalized spacial score (nSPS) is 16.7. The molecule has 7 nitrogen and oxygen atoms in total. The van der Waals surface area contributed by atoms with Crippen LogP contribution in [-0.2, 0) is 6.54 Å². The highest BCUT2D eigenvalue weighted by atomic mass is 16.5. The van der Waals surface area contributed by atoms with Gasteiger partial charge in [0.1, 0.15) is 23.0 Å². The average molecular weight is 487 g/mol. The van der Waals surface area contributed by atoms with Crippen LogP contribution in [0.1, 0.15) is 28.4 Å². The first-order valence-corrected chi connectivity index (χ1v) is 12.2. The van der Waals surface area contributed by atoms with Crippen molar-refractivity contribution in [3.63, 3.8) is 0 Å². The Morgan fingerprint density at radius 2 is 1.75 bits per heavy atom. The Labute approximate surface area is 211 Å². The van der Waals surface area contributed by atoms with Crippen molar-refractivity contribution >= 4 is 17.5 Å². The zero-order valence-electron chi connectivity index (χ0n) is 20.6. The lowest BCUT2D eigenvalue weighted by Gasteiger charge is -2.36. The summed E-state index contributed by atoms with van der Waals surface area (Å²) in [6, 6.07) is 18.8. The van der Waals surface area contributed by atoms with Crippen LogP contribution in [0.5, 0.6) is 23.0 Å². The van der Waals surface area contributed by atoms with Crippen molar-refractivity contribution in [2.24, 2.45) is 0 Å². The lowest BCUT2D eigenvalue weighted by atomic mass is 10.0. The third-order valence-corrected chi connectivity index (χ3v) is 6.61. The van der Waals surface area contributed by atoms with Crippen molar-refractivity contribution in [1.29, 1.82) is 0 Å². The number of anilines is 1. The molecule has 1 saturated heterocycles. The lowest BCUT2D eigenvalue weighted by molar-refractivity contribution is 0.101. The molecule has 1 N–H and O–H groups in total. The second kappa shape index (κ2) is 10.3. The quantitative estimate of drug-likeness (QED) is 0.484. The number of hydrogen-bond acceptors (Lipinski definition) is 7. The van der Waals surface area contributed by atoms with Crippen LogP contribution in [0.25, 0.3) is 6.08 Å². The minimum absolute atomic E-state index is 0.134. The van der Waals surface area contributed by atoms with E-state index in [2.05, 4.69) is 21.9 Å². The fraction of sp³-hybridized carbons (Fsp3) is 0.276. The number of Topliss-reactive ketones (excluding diaryl/α,β-unsaturated/α-hetero) is 1. The van der Waals surface area contributed by atoms with Gasteiger partial charge < -0.3 is 24.2 Å². The average Bonchev–Trinajstić information content (AvgIpc) is 3.22. The van der Waals surface area contributed by atoms with Gasteiger partial charge in [0.05, 0.1) is 24.8 Å². The summed E-state index contributed by atoms with van der Waals surface area (Å²) >= 11 is 0. The maximum Gasteiger partial charge on any atom is 0.231 e. The first kappa shape index (κ1) is 23.8. The van der Waals surface area contributed by atoms with Crippen molar-refractivity contribution < 1.29 is 24.1 Å². The van der Waals surface area contributed by atoms with Crippen LogP contribution in [0.4, 0.5) is 5.69 Å². The molecule has 2 aliphatic rings. The molecule has 36 heavy (non-hydrogen) atoms. The number of ether oxygens (including phenoxy) is 3. The van der Waals surface area contributed by atoms with Crippen molar-refractivity contribution in [2.45, 2.75) is 13.5 Å². The van der Waals surface area contributed by atoms with E-state index in [1.165, 1.54) is 0 Å². The molecule has 0 atom stereocenters. The summed E-state index contributed by atoms with van der Waals surface area (Å²) in [6.45, 7) is 6.33. The molecule has 0 unspecified atom stereocenters. The summed E-state index contributed by atoms with van der Waals surface area (Å²) in [4.78, 5) is 17.7. The smallest absolute Gasteiger partial charge is 0.231 e. The molecule has 5 rings (SSSR count). The molecular weight excluding hydrogens is 456 g/mol. The molecule has 1 fully saturated rings. The summed E-state index contributed by atoms with van der Waals surface area (Å²) in [7, 11) is 1.67. The van der Waals surface area contributed by atoms with E-state index >= 15 is 0 Å². The fourth-order valence-corrected chi connectivity index (χ4v) is 4.66. The van der Waals surface area contributed by atoms with Gasteiger partial charge in [-0.2, -0.15) is 0 Å². The van der Waals surface area contributed by atoms with Crippen molar-refractivity contribution in [3.05, 3.63) is 83.1 Å². The van der Waals surface area contributed by atoms with Gasteiger partial charge in [-0.25, -0.2) is 0 Å². The molecule has 0 aromatic heterocycles. The summed E-state index contributed by atoms with van der Waals surface area (Å²) in [6.07, 6.45) is 1.71. The molecular formula is C29H30N2O5. The Morgan fingerprint density at radius 3 is 2.47 bits per heavy atom. The Hall–Kier alpha value is -3.97. The molecule has 0 saturated carbocycles. The monoisotopic (exact) mass is 486 g/mol. The van der Waals surface area contributed by atoms with Crippen molar-refractivity contribution in [3.8, 4) is 23.0 Å². The third kappa shape index (κ3) is 4.75. The number of benzene rings is 3. The zero-order valence-corrected chi connectivity index (χ0v) is 20.6. The van der Waals surface area contributed by atoms with Gasteiger partial charge in [-0.3, -0.25) is 9.69 Å². The van der Waals surface area contributed by atoms with Crippen LogP contribution in [0.3, 0.4) is 0 Å². The molecule has 2 heterocycles. The zero-order chi connectivity index (χ0) is 25.1. The summed E-state index contributed by atoms with van der Waals surface area (Å²) in [5.74, 6) is 2.15. The van der Waals surface area contributed by atoms with Gasteiger partial charge in [-0.05, 0) is 55.5 Å². The molecule has 0 amide bonds. The van der Waals surface area contributed by atoms with E-state index in [9.17, 15) is 9.90 Å². The number of carbonyl (C=O) groups excluding carboxylic acids is 1. The van der Waals surface area contributed by atoms with Gasteiger partial charge in [0.2, 0.25) is 5.78 Å². The van der Waals surface area contributed by atoms with Crippen molar-refractivity contribution in [1.82, 2.24) is 4.90 Å². The van der Waals surface area contributed by atoms with Crippen LogP contribution >= 0.6 is 0 Å². The van der Waals surface area contributed by atoms with E-state index in [0.717, 1.165) is 43.2 Å². The summed E-state index contributed by atoms with van der Waals surface area (Å²) < 4.78 is 17.0. The predicted octanol–water partition coefficient (Wildman–Crippen LogP) is 4.74. The van der Waals surface area contributed by atoms with E-state index in [1.54, 1.807) is 25.3 Å². The van der Waals surface area contributed by atoms with Crippen LogP contribution < -0.4 is 19.1 Å². The summed E-state index contributed by atoms with van der Waals surface area (Å²) in [5, 5.41) is 10.7. The fourth-order valence-electron chi connectivity index (χ4n) is 4.66. The molecule has 186 valence electrons. The van der Waals surface area contributed by atoms with Gasteiger partial charge in [0.25, 0.3) is 0 Å². The van der Waals surface area contributed by atoms with Gasteiger partial charge >= 0.3 is 0 Å². The maximum absolute atomic E-state index is 13.1. The number of ketones is 1. The maximum atomic E-state index is 13.1. The Balaban J connectivity index is 1.31. The lowest BCUT2D eigenvalue weighted by Crippen LogP contribution is -2.46. The van der Waals surface area contributed by atoms with E-state index in [4.69, 9.17) is 14.2 Å². The predicted molar refractivity (Wildman–Crippen MR) is 139 cm³/mol. The number of phenolic OH excluding ortho intramolecular Hbond substituents is 1. The largest absolute Gasteiger partial charge is 0.507 e. The van der Waals surface area contributed by atoms with Gasteiger partial charge in [0.15, 0.2) is 5.76 Å². The number of allylic oxidation sites excluding steroid dienone is 1. The van der Waals surface area contributed by atoms with Gasteiger partial charge in [-0.1, -0.05) is 18.2 Å². The van der Waals surface area contributed by atoms with E-state index in [-0.39, 0.29) is 17.3 Å². The number of carbonyl (C=O) groups is 1. The first-order chi connectivity index (χ1) is 17.6. The van der Waals surface area contributed by atoms with E-state index in [1.807, 2.05) is 43.3 Å². The number of hydrogen-bond donors (Lipinski definition) is 1. The number of fused-ring (bicyclic) bond motifs is 1. The standard InChI is InChI=1S/C29H30N2O5/c1-3-35-26-7-5-4-6-20(26)18-27-28(33)23-12-13-25(32)24(29(23)36-27)19-30-14-16-31(17-15-30)21-8-10-22(34-2)11-9-21/h4-13,18,32H,3,14-17,19H2,1-2H3/b27-18-. The minimum atomic E-state index is -0.193. The Bertz CT molecular complexity index is 1280. The third-order valence-electron chi connectivity index (χ3n) is 6.61. The molecule has 7 heteroatoms. The molecule has 0 bridgehead atoms. The first-order valence-electron chi connectivity index (χ1n) is 12.2. The van der Waals surface area contributed by atoms with Crippen molar-refractivity contribution in [2.75, 3.05) is 44.8 Å². The number of piperazine rings is 1. The minimum Gasteiger partial charge on any atom is -0.507 e. The second-order valence-corrected chi connectivity index (χ2v) is 8.81. The van der Waals surface area contributed by atoms with Gasteiger partial charge in [0, 0.05) is 44.0 Å². The molecule has 2 aliphatic heterocycles. The molecule has 3 aromatic carbocycles. The SMILES string of the molecule is CCOc1ccccc1/C=C1\Oc2c(ccc(O)c2CN2CCN(c3ccc(OC)cc3)CC2)C1=O. The highest BCUT2D eigenvalue weighted by molar-refractivity contribution is 6.15. The number of aromatic hydroxyl groups is 1. The Kier molecular flexibility index (Phi) is 6.82. The van der Waals surface area contributed by atoms with Gasteiger partial charge in [-0.15, -0.1) is 0 Å². The van der Waals surface area contributed by atoms with E-state index < -0.39 is 0 Å². The van der Waals surface area contributed by atoms with Crippen LogP contribution in [0.15, 0.2) is 66.4 Å². The number of rotatable bonds is 7. The van der Waals surface area contributed by atoms with Crippen LogP contribution in [0, 0.1) is 0 Å².